The first-order chi connectivity index (χ1) is 7.29. The molecule has 2 aliphatic carbocycles. The zero-order chi connectivity index (χ0) is 10.7. The maximum absolute atomic E-state index is 3.46. The van der Waals surface area contributed by atoms with E-state index in [9.17, 15) is 0 Å². The summed E-state index contributed by atoms with van der Waals surface area (Å²) in [6, 6.07) is 0.785. The Morgan fingerprint density at radius 1 is 1.40 bits per heavy atom. The van der Waals surface area contributed by atoms with Gasteiger partial charge in [0.25, 0.3) is 0 Å². The minimum absolute atomic E-state index is 0.785. The molecule has 1 saturated carbocycles. The van der Waals surface area contributed by atoms with Gasteiger partial charge in [0.05, 0.1) is 0 Å². The largest absolute Gasteiger partial charge is 0.317 e. The highest BCUT2D eigenvalue weighted by Gasteiger charge is 2.27. The van der Waals surface area contributed by atoms with Gasteiger partial charge in [-0.3, -0.25) is 0 Å². The molecular weight excluding hydrogens is 182 g/mol. The predicted octanol–water partition coefficient (Wildman–Crippen LogP) is 3.51. The minimum Gasteiger partial charge on any atom is -0.317 e. The van der Waals surface area contributed by atoms with Crippen LogP contribution in [0.15, 0.2) is 11.6 Å². The molecule has 0 saturated heterocycles. The Kier molecular flexibility index (Phi) is 3.85. The van der Waals surface area contributed by atoms with Gasteiger partial charge in [-0.2, -0.15) is 0 Å². The molecule has 1 N–H and O–H groups in total. The Balaban J connectivity index is 1.88. The first-order valence-corrected chi connectivity index (χ1v) is 6.64. The summed E-state index contributed by atoms with van der Waals surface area (Å²) in [7, 11) is 2.12. The molecule has 1 heteroatoms. The number of allylic oxidation sites excluding steroid dienone is 2. The predicted molar refractivity (Wildman–Crippen MR) is 65.9 cm³/mol. The minimum atomic E-state index is 0.785. The van der Waals surface area contributed by atoms with Crippen molar-refractivity contribution < 1.29 is 0 Å². The molecule has 2 aliphatic rings. The average molecular weight is 207 g/mol. The van der Waals surface area contributed by atoms with Crippen molar-refractivity contribution in [1.82, 2.24) is 5.32 Å². The van der Waals surface area contributed by atoms with Crippen LogP contribution in [0.3, 0.4) is 0 Å². The number of rotatable bonds is 3. The zero-order valence-corrected chi connectivity index (χ0v) is 10.3. The second-order valence-corrected chi connectivity index (χ2v) is 5.49. The summed E-state index contributed by atoms with van der Waals surface area (Å²) in [5.41, 5.74) is 1.75. The Hall–Kier alpha value is -0.300. The Morgan fingerprint density at radius 2 is 2.27 bits per heavy atom. The Bertz CT molecular complexity index is 231. The highest BCUT2D eigenvalue weighted by atomic mass is 14.9. The van der Waals surface area contributed by atoms with Gasteiger partial charge in [0.15, 0.2) is 0 Å². The normalized spacial score (nSPS) is 36.7. The van der Waals surface area contributed by atoms with Crippen LogP contribution in [0.5, 0.6) is 0 Å². The summed E-state index contributed by atoms with van der Waals surface area (Å²) in [6.07, 6.45) is 12.2. The van der Waals surface area contributed by atoms with Crippen LogP contribution in [0, 0.1) is 11.8 Å². The van der Waals surface area contributed by atoms with Crippen molar-refractivity contribution >= 4 is 0 Å². The van der Waals surface area contributed by atoms with Crippen molar-refractivity contribution in [3.63, 3.8) is 0 Å². The monoisotopic (exact) mass is 207 g/mol. The van der Waals surface area contributed by atoms with Crippen LogP contribution < -0.4 is 5.32 Å². The highest BCUT2D eigenvalue weighted by molar-refractivity contribution is 5.09. The fraction of sp³-hybridized carbons (Fsp3) is 0.857. The van der Waals surface area contributed by atoms with E-state index in [1.165, 1.54) is 44.9 Å². The van der Waals surface area contributed by atoms with Gasteiger partial charge < -0.3 is 5.32 Å². The highest BCUT2D eigenvalue weighted by Crippen LogP contribution is 2.36. The number of hydrogen-bond donors (Lipinski definition) is 1. The summed E-state index contributed by atoms with van der Waals surface area (Å²) in [5.74, 6) is 1.89. The molecule has 0 radical (unpaired) electrons. The maximum atomic E-state index is 3.46. The second-order valence-electron chi connectivity index (χ2n) is 5.49. The van der Waals surface area contributed by atoms with E-state index in [2.05, 4.69) is 25.4 Å². The van der Waals surface area contributed by atoms with Crippen molar-refractivity contribution in [2.45, 2.75) is 57.9 Å². The second kappa shape index (κ2) is 5.16. The van der Waals surface area contributed by atoms with Gasteiger partial charge in [-0.05, 0) is 63.8 Å². The van der Waals surface area contributed by atoms with Crippen molar-refractivity contribution in [3.05, 3.63) is 11.6 Å². The zero-order valence-electron chi connectivity index (χ0n) is 10.3. The van der Waals surface area contributed by atoms with Gasteiger partial charge >= 0.3 is 0 Å². The molecule has 0 bridgehead atoms. The summed E-state index contributed by atoms with van der Waals surface area (Å²) in [4.78, 5) is 0. The lowest BCUT2D eigenvalue weighted by atomic mass is 9.75. The van der Waals surface area contributed by atoms with E-state index >= 15 is 0 Å². The molecule has 0 aromatic rings. The van der Waals surface area contributed by atoms with Crippen LogP contribution in [0.2, 0.25) is 0 Å². The smallest absolute Gasteiger partial charge is 0.00670 e. The molecule has 3 unspecified atom stereocenters. The van der Waals surface area contributed by atoms with Gasteiger partial charge in [-0.25, -0.2) is 0 Å². The van der Waals surface area contributed by atoms with Gasteiger partial charge in [-0.1, -0.05) is 18.6 Å². The SMILES string of the molecule is CNC1CCC(C)C(CC2=CCCC2)C1. The first kappa shape index (κ1) is 11.2. The summed E-state index contributed by atoms with van der Waals surface area (Å²) in [5, 5.41) is 3.46. The van der Waals surface area contributed by atoms with Crippen molar-refractivity contribution in [1.29, 1.82) is 0 Å². The van der Waals surface area contributed by atoms with Crippen LogP contribution in [0.25, 0.3) is 0 Å². The molecule has 86 valence electrons. The van der Waals surface area contributed by atoms with Crippen molar-refractivity contribution in [2.75, 3.05) is 7.05 Å². The molecule has 0 aliphatic heterocycles. The molecule has 0 aromatic carbocycles. The molecule has 3 atom stereocenters. The molecule has 1 fully saturated rings. The third-order valence-electron chi connectivity index (χ3n) is 4.43. The van der Waals surface area contributed by atoms with E-state index in [0.29, 0.717) is 0 Å². The fourth-order valence-electron chi connectivity index (χ4n) is 3.22. The van der Waals surface area contributed by atoms with Gasteiger partial charge in [-0.15, -0.1) is 0 Å². The molecule has 0 heterocycles. The standard InChI is InChI=1S/C14H25N/c1-11-7-8-14(15-2)10-13(11)9-12-5-3-4-6-12/h5,11,13-15H,3-4,6-10H2,1-2H3. The van der Waals surface area contributed by atoms with Crippen LogP contribution in [0.4, 0.5) is 0 Å². The van der Waals surface area contributed by atoms with E-state index in [1.807, 2.05) is 0 Å². The van der Waals surface area contributed by atoms with Crippen LogP contribution in [0.1, 0.15) is 51.9 Å². The molecular formula is C14H25N. The van der Waals surface area contributed by atoms with Gasteiger partial charge in [0.1, 0.15) is 0 Å². The molecule has 1 nitrogen and oxygen atoms in total. The van der Waals surface area contributed by atoms with Crippen molar-refractivity contribution in [3.8, 4) is 0 Å². The number of nitrogens with one attached hydrogen (secondary N) is 1. The average Bonchev–Trinajstić information content (AvgIpc) is 2.74. The summed E-state index contributed by atoms with van der Waals surface area (Å²) >= 11 is 0. The van der Waals surface area contributed by atoms with Crippen molar-refractivity contribution in [2.24, 2.45) is 11.8 Å². The summed E-state index contributed by atoms with van der Waals surface area (Å²) in [6.45, 7) is 2.45. The van der Waals surface area contributed by atoms with Crippen LogP contribution in [-0.2, 0) is 0 Å². The van der Waals surface area contributed by atoms with Crippen LogP contribution >= 0.6 is 0 Å². The Labute approximate surface area is 94.3 Å². The number of hydrogen-bond acceptors (Lipinski definition) is 1. The molecule has 0 spiro atoms. The van der Waals surface area contributed by atoms with E-state index in [4.69, 9.17) is 0 Å². The van der Waals surface area contributed by atoms with E-state index in [1.54, 1.807) is 5.57 Å². The maximum Gasteiger partial charge on any atom is 0.00670 e. The van der Waals surface area contributed by atoms with E-state index < -0.39 is 0 Å². The van der Waals surface area contributed by atoms with Gasteiger partial charge in [0.2, 0.25) is 0 Å². The van der Waals surface area contributed by atoms with E-state index in [-0.39, 0.29) is 0 Å². The molecule has 2 rings (SSSR count). The third-order valence-corrected chi connectivity index (χ3v) is 4.43. The van der Waals surface area contributed by atoms with Gasteiger partial charge in [0, 0.05) is 6.04 Å². The Morgan fingerprint density at radius 3 is 2.93 bits per heavy atom. The molecule has 0 amide bonds. The summed E-state index contributed by atoms with van der Waals surface area (Å²) < 4.78 is 0. The topological polar surface area (TPSA) is 12.0 Å². The lowest BCUT2D eigenvalue weighted by molar-refractivity contribution is 0.214. The quantitative estimate of drug-likeness (QED) is 0.698. The lowest BCUT2D eigenvalue weighted by Crippen LogP contribution is -2.34. The first-order valence-electron chi connectivity index (χ1n) is 6.64. The fourth-order valence-corrected chi connectivity index (χ4v) is 3.22. The molecule has 0 aromatic heterocycles. The van der Waals surface area contributed by atoms with Crippen LogP contribution in [-0.4, -0.2) is 13.1 Å². The van der Waals surface area contributed by atoms with E-state index in [0.717, 1.165) is 17.9 Å². The lowest BCUT2D eigenvalue weighted by Gasteiger charge is -2.34. The molecule has 15 heavy (non-hydrogen) atoms. The third kappa shape index (κ3) is 2.84.